The number of hydrogen-bond acceptors (Lipinski definition) is 2. The molecule has 0 amide bonds. The third-order valence-electron chi connectivity index (χ3n) is 7.14. The Bertz CT molecular complexity index is 270. The van der Waals surface area contributed by atoms with E-state index >= 15 is 0 Å². The summed E-state index contributed by atoms with van der Waals surface area (Å²) in [6.07, 6.45) is 1.76. The van der Waals surface area contributed by atoms with E-state index in [1.165, 1.54) is 0 Å². The molecule has 0 unspecified atom stereocenters. The SMILES string of the molecule is CC1[C@@H](C)[C@H](C)O[C@@H](C)[C@@H]1C.CC1[C@@H](C)[C@H](C)O[C@@H](C)[C@@H]1C. The Morgan fingerprint density at radius 1 is 0.318 bits per heavy atom. The first-order chi connectivity index (χ1) is 10.1. The lowest BCUT2D eigenvalue weighted by atomic mass is 9.77. The molecule has 0 aliphatic carbocycles. The molecule has 2 nitrogen and oxygen atoms in total. The largest absolute Gasteiger partial charge is 0.375 e. The van der Waals surface area contributed by atoms with Gasteiger partial charge >= 0.3 is 0 Å². The highest BCUT2D eigenvalue weighted by Crippen LogP contribution is 2.35. The van der Waals surface area contributed by atoms with Gasteiger partial charge in [0.15, 0.2) is 0 Å². The van der Waals surface area contributed by atoms with Crippen LogP contribution in [0, 0.1) is 35.5 Å². The number of rotatable bonds is 0. The molecule has 2 fully saturated rings. The Kier molecular flexibility index (Phi) is 7.39. The Morgan fingerprint density at radius 2 is 0.500 bits per heavy atom. The van der Waals surface area contributed by atoms with Crippen LogP contribution in [0.15, 0.2) is 0 Å². The van der Waals surface area contributed by atoms with E-state index in [0.717, 1.165) is 11.8 Å². The average Bonchev–Trinajstić information content (AvgIpc) is 2.47. The first-order valence-corrected chi connectivity index (χ1v) is 9.38. The summed E-state index contributed by atoms with van der Waals surface area (Å²) in [5, 5.41) is 0. The van der Waals surface area contributed by atoms with Gasteiger partial charge in [-0.05, 0) is 63.2 Å². The van der Waals surface area contributed by atoms with E-state index in [2.05, 4.69) is 69.2 Å². The van der Waals surface area contributed by atoms with Crippen LogP contribution in [-0.4, -0.2) is 24.4 Å². The minimum Gasteiger partial charge on any atom is -0.375 e. The minimum atomic E-state index is 0.441. The van der Waals surface area contributed by atoms with Crippen molar-refractivity contribution in [3.63, 3.8) is 0 Å². The summed E-state index contributed by atoms with van der Waals surface area (Å²) < 4.78 is 11.6. The van der Waals surface area contributed by atoms with Crippen molar-refractivity contribution >= 4 is 0 Å². The van der Waals surface area contributed by atoms with Crippen LogP contribution in [0.2, 0.25) is 0 Å². The van der Waals surface area contributed by atoms with E-state index in [-0.39, 0.29) is 0 Å². The maximum Gasteiger partial charge on any atom is 0.0578 e. The van der Waals surface area contributed by atoms with Gasteiger partial charge in [-0.3, -0.25) is 0 Å². The molecule has 2 heteroatoms. The number of hydrogen-bond donors (Lipinski definition) is 0. The summed E-state index contributed by atoms with van der Waals surface area (Å²) in [6.45, 7) is 22.6. The van der Waals surface area contributed by atoms with Crippen molar-refractivity contribution in [1.29, 1.82) is 0 Å². The number of ether oxygens (including phenoxy) is 2. The molecule has 2 rings (SSSR count). The van der Waals surface area contributed by atoms with Gasteiger partial charge < -0.3 is 9.47 Å². The summed E-state index contributed by atoms with van der Waals surface area (Å²) in [6, 6.07) is 0. The van der Waals surface area contributed by atoms with Gasteiger partial charge in [-0.25, -0.2) is 0 Å². The molecule has 132 valence electrons. The van der Waals surface area contributed by atoms with Gasteiger partial charge in [-0.2, -0.15) is 0 Å². The van der Waals surface area contributed by atoms with Crippen molar-refractivity contribution in [2.24, 2.45) is 35.5 Å². The first-order valence-electron chi connectivity index (χ1n) is 9.38. The maximum absolute atomic E-state index is 5.78. The van der Waals surface area contributed by atoms with Crippen molar-refractivity contribution in [1.82, 2.24) is 0 Å². The highest BCUT2D eigenvalue weighted by molar-refractivity contribution is 4.82. The molecule has 2 aliphatic heterocycles. The molecular formula is C20H40O2. The van der Waals surface area contributed by atoms with Crippen molar-refractivity contribution < 1.29 is 9.47 Å². The second-order valence-corrected chi connectivity index (χ2v) is 8.25. The lowest BCUT2D eigenvalue weighted by Gasteiger charge is -2.41. The fourth-order valence-electron chi connectivity index (χ4n) is 3.84. The third-order valence-corrected chi connectivity index (χ3v) is 7.14. The van der Waals surface area contributed by atoms with Gasteiger partial charge in [0.05, 0.1) is 24.4 Å². The van der Waals surface area contributed by atoms with E-state index in [1.54, 1.807) is 0 Å². The lowest BCUT2D eigenvalue weighted by molar-refractivity contribution is -0.116. The van der Waals surface area contributed by atoms with Gasteiger partial charge in [0.2, 0.25) is 0 Å². The van der Waals surface area contributed by atoms with Crippen LogP contribution >= 0.6 is 0 Å². The minimum absolute atomic E-state index is 0.441. The molecule has 0 radical (unpaired) electrons. The Balaban J connectivity index is 0.000000220. The van der Waals surface area contributed by atoms with Crippen LogP contribution in [-0.2, 0) is 9.47 Å². The third kappa shape index (κ3) is 4.47. The summed E-state index contributed by atoms with van der Waals surface area (Å²) in [4.78, 5) is 0. The Hall–Kier alpha value is -0.0800. The first kappa shape index (κ1) is 20.0. The monoisotopic (exact) mass is 312 g/mol. The van der Waals surface area contributed by atoms with E-state index in [0.29, 0.717) is 48.1 Å². The predicted molar refractivity (Wildman–Crippen MR) is 95.0 cm³/mol. The molecule has 0 N–H and O–H groups in total. The highest BCUT2D eigenvalue weighted by Gasteiger charge is 2.35. The molecule has 2 aliphatic rings. The zero-order valence-corrected chi connectivity index (χ0v) is 16.6. The fraction of sp³-hybridized carbons (Fsp3) is 1.00. The normalized spacial score (nSPS) is 52.6. The summed E-state index contributed by atoms with van der Waals surface area (Å²) >= 11 is 0. The van der Waals surface area contributed by atoms with Crippen LogP contribution in [0.5, 0.6) is 0 Å². The smallest absolute Gasteiger partial charge is 0.0578 e. The Labute approximate surface area is 139 Å². The second-order valence-electron chi connectivity index (χ2n) is 8.25. The van der Waals surface area contributed by atoms with E-state index < -0.39 is 0 Å². The quantitative estimate of drug-likeness (QED) is 0.596. The molecule has 22 heavy (non-hydrogen) atoms. The molecule has 0 saturated carbocycles. The Morgan fingerprint density at radius 3 is 0.682 bits per heavy atom. The van der Waals surface area contributed by atoms with Gasteiger partial charge in [-0.1, -0.05) is 41.5 Å². The maximum atomic E-state index is 5.78. The standard InChI is InChI=1S/2C10H20O/c2*1-6-7(2)9(4)11-10(5)8(6)3/h2*6-10H,1-5H3/t2*7-,8-,9+,10+/m11/s1. The molecule has 8 atom stereocenters. The molecular weight excluding hydrogens is 272 g/mol. The van der Waals surface area contributed by atoms with E-state index in [9.17, 15) is 0 Å². The van der Waals surface area contributed by atoms with Crippen LogP contribution < -0.4 is 0 Å². The van der Waals surface area contributed by atoms with Gasteiger partial charge in [0.25, 0.3) is 0 Å². The lowest BCUT2D eigenvalue weighted by Crippen LogP contribution is -2.41. The molecule has 2 heterocycles. The van der Waals surface area contributed by atoms with Crippen LogP contribution in [0.1, 0.15) is 69.2 Å². The van der Waals surface area contributed by atoms with Crippen LogP contribution in [0.3, 0.4) is 0 Å². The second kappa shape index (κ2) is 8.15. The molecule has 0 aromatic carbocycles. The van der Waals surface area contributed by atoms with Gasteiger partial charge in [0.1, 0.15) is 0 Å². The van der Waals surface area contributed by atoms with Crippen molar-refractivity contribution in [2.45, 2.75) is 93.7 Å². The molecule has 0 spiro atoms. The molecule has 0 aromatic rings. The average molecular weight is 313 g/mol. The molecule has 0 aromatic heterocycles. The summed E-state index contributed by atoms with van der Waals surface area (Å²) in [5.41, 5.74) is 0. The summed E-state index contributed by atoms with van der Waals surface area (Å²) in [7, 11) is 0. The zero-order valence-electron chi connectivity index (χ0n) is 16.6. The molecule has 2 saturated heterocycles. The van der Waals surface area contributed by atoms with Crippen molar-refractivity contribution in [3.8, 4) is 0 Å². The van der Waals surface area contributed by atoms with Crippen LogP contribution in [0.25, 0.3) is 0 Å². The van der Waals surface area contributed by atoms with E-state index in [4.69, 9.17) is 9.47 Å². The predicted octanol–water partition coefficient (Wildman–Crippen LogP) is 5.40. The fourth-order valence-corrected chi connectivity index (χ4v) is 3.84. The highest BCUT2D eigenvalue weighted by atomic mass is 16.5. The van der Waals surface area contributed by atoms with Gasteiger partial charge in [0, 0.05) is 0 Å². The van der Waals surface area contributed by atoms with Crippen molar-refractivity contribution in [3.05, 3.63) is 0 Å². The van der Waals surface area contributed by atoms with Crippen molar-refractivity contribution in [2.75, 3.05) is 0 Å². The van der Waals surface area contributed by atoms with E-state index in [1.807, 2.05) is 0 Å². The molecule has 0 bridgehead atoms. The summed E-state index contributed by atoms with van der Waals surface area (Å²) in [5.74, 6) is 4.44. The van der Waals surface area contributed by atoms with Crippen LogP contribution in [0.4, 0.5) is 0 Å². The zero-order chi connectivity index (χ0) is 17.2. The topological polar surface area (TPSA) is 18.5 Å². The van der Waals surface area contributed by atoms with Gasteiger partial charge in [-0.15, -0.1) is 0 Å².